The lowest BCUT2D eigenvalue weighted by Crippen LogP contribution is -2.31. The molecule has 3 atom stereocenters. The Kier molecular flexibility index (Phi) is 4.56. The van der Waals surface area contributed by atoms with E-state index >= 15 is 0 Å². The van der Waals surface area contributed by atoms with Crippen LogP contribution in [0.3, 0.4) is 0 Å². The third-order valence-electron chi connectivity index (χ3n) is 3.67. The molecule has 0 aromatic carbocycles. The third kappa shape index (κ3) is 4.39. The van der Waals surface area contributed by atoms with E-state index in [0.717, 1.165) is 32.1 Å². The fraction of sp³-hybridized carbons (Fsp3) is 0.917. The van der Waals surface area contributed by atoms with Gasteiger partial charge in [0.25, 0.3) is 0 Å². The van der Waals surface area contributed by atoms with Crippen LogP contribution in [0.4, 0.5) is 0 Å². The molecule has 2 saturated carbocycles. The Morgan fingerprint density at radius 3 is 2.65 bits per heavy atom. The van der Waals surface area contributed by atoms with Gasteiger partial charge in [-0.2, -0.15) is 0 Å². The minimum Gasteiger partial charge on any atom is -0.353 e. The predicted octanol–water partition coefficient (Wildman–Crippen LogP) is 0.531. The largest absolute Gasteiger partial charge is 0.353 e. The fourth-order valence-corrected chi connectivity index (χ4v) is 3.51. The van der Waals surface area contributed by atoms with E-state index in [1.165, 1.54) is 6.42 Å². The molecule has 0 bridgehead atoms. The molecular weight excluding hydrogens is 236 g/mol. The van der Waals surface area contributed by atoms with Crippen molar-refractivity contribution in [1.29, 1.82) is 0 Å². The number of nitrogens with one attached hydrogen (secondary N) is 1. The molecule has 2 aliphatic carbocycles. The van der Waals surface area contributed by atoms with Crippen LogP contribution in [0.25, 0.3) is 0 Å². The summed E-state index contributed by atoms with van der Waals surface area (Å²) in [5.74, 6) is 1.25. The number of rotatable bonds is 6. The molecule has 0 spiro atoms. The smallest absolute Gasteiger partial charge is 0.232 e. The van der Waals surface area contributed by atoms with Crippen LogP contribution < -0.4 is 11.1 Å². The summed E-state index contributed by atoms with van der Waals surface area (Å²) in [4.78, 5) is 11.4. The highest BCUT2D eigenvalue weighted by Gasteiger charge is 2.26. The maximum Gasteiger partial charge on any atom is 0.232 e. The number of amides is 1. The summed E-state index contributed by atoms with van der Waals surface area (Å²) in [7, 11) is -1.02. The highest BCUT2D eigenvalue weighted by atomic mass is 32.2. The first-order chi connectivity index (χ1) is 8.15. The van der Waals surface area contributed by atoms with Gasteiger partial charge in [0.15, 0.2) is 0 Å². The summed E-state index contributed by atoms with van der Waals surface area (Å²) in [6.45, 7) is 0. The number of carbonyl (C=O) groups is 1. The third-order valence-corrected chi connectivity index (χ3v) is 4.94. The molecule has 0 aromatic rings. The van der Waals surface area contributed by atoms with E-state index in [0.29, 0.717) is 17.7 Å². The molecule has 2 aliphatic rings. The summed E-state index contributed by atoms with van der Waals surface area (Å²) in [5, 5.41) is 2.86. The molecule has 1 amide bonds. The van der Waals surface area contributed by atoms with Crippen LogP contribution in [-0.2, 0) is 15.6 Å². The van der Waals surface area contributed by atoms with E-state index in [2.05, 4.69) is 5.32 Å². The van der Waals surface area contributed by atoms with Crippen LogP contribution in [0.5, 0.6) is 0 Å². The first-order valence-electron chi connectivity index (χ1n) is 6.55. The van der Waals surface area contributed by atoms with Crippen molar-refractivity contribution in [3.05, 3.63) is 0 Å². The summed E-state index contributed by atoms with van der Waals surface area (Å²) in [5.41, 5.74) is 5.96. The Bertz CT molecular complexity index is 305. The normalized spacial score (nSPS) is 30.2. The molecule has 3 N–H and O–H groups in total. The Morgan fingerprint density at radius 1 is 1.29 bits per heavy atom. The van der Waals surface area contributed by atoms with Gasteiger partial charge in [0.05, 0.1) is 0 Å². The van der Waals surface area contributed by atoms with E-state index < -0.39 is 10.8 Å². The van der Waals surface area contributed by atoms with E-state index in [1.54, 1.807) is 0 Å². The second-order valence-electron chi connectivity index (χ2n) is 5.27. The Balaban J connectivity index is 1.61. The predicted molar refractivity (Wildman–Crippen MR) is 69.0 cm³/mol. The van der Waals surface area contributed by atoms with E-state index in [1.807, 2.05) is 0 Å². The molecule has 2 rings (SSSR count). The van der Waals surface area contributed by atoms with Crippen molar-refractivity contribution < 1.29 is 9.00 Å². The summed E-state index contributed by atoms with van der Waals surface area (Å²) in [6.07, 6.45) is 6.52. The van der Waals surface area contributed by atoms with E-state index in [4.69, 9.17) is 5.73 Å². The molecule has 0 radical (unpaired) electrons. The maximum atomic E-state index is 11.7. The highest BCUT2D eigenvalue weighted by Crippen LogP contribution is 2.26. The van der Waals surface area contributed by atoms with Gasteiger partial charge in [0.2, 0.25) is 5.91 Å². The summed E-state index contributed by atoms with van der Waals surface area (Å²) in [6, 6.07) is 0.648. The maximum absolute atomic E-state index is 11.7. The number of hydrogen-bond donors (Lipinski definition) is 2. The zero-order valence-corrected chi connectivity index (χ0v) is 11.0. The molecule has 3 unspecified atom stereocenters. The SMILES string of the molecule is NC1CCCC1CCS(=O)CC(=O)NC1CC1. The molecule has 0 heterocycles. The van der Waals surface area contributed by atoms with Gasteiger partial charge in [-0.05, 0) is 38.0 Å². The molecule has 0 saturated heterocycles. The fourth-order valence-electron chi connectivity index (χ4n) is 2.42. The highest BCUT2D eigenvalue weighted by molar-refractivity contribution is 7.85. The summed E-state index contributed by atoms with van der Waals surface area (Å²) < 4.78 is 11.7. The van der Waals surface area contributed by atoms with Gasteiger partial charge in [-0.15, -0.1) is 0 Å². The second-order valence-corrected chi connectivity index (χ2v) is 6.85. The van der Waals surface area contributed by atoms with Crippen LogP contribution >= 0.6 is 0 Å². The molecule has 0 aliphatic heterocycles. The Labute approximate surface area is 105 Å². The number of carbonyl (C=O) groups excluding carboxylic acids is 1. The first kappa shape index (κ1) is 13.0. The van der Waals surface area contributed by atoms with Gasteiger partial charge >= 0.3 is 0 Å². The van der Waals surface area contributed by atoms with Gasteiger partial charge in [-0.25, -0.2) is 0 Å². The standard InChI is InChI=1S/C12H22N2O2S/c13-11-3-1-2-9(11)6-7-17(16)8-12(15)14-10-4-5-10/h9-11H,1-8,13H2,(H,14,15). The molecule has 17 heavy (non-hydrogen) atoms. The monoisotopic (exact) mass is 258 g/mol. The Hall–Kier alpha value is -0.420. The van der Waals surface area contributed by atoms with Gasteiger partial charge in [0, 0.05) is 28.6 Å². The molecule has 98 valence electrons. The molecule has 5 heteroatoms. The van der Waals surface area contributed by atoms with Gasteiger partial charge in [-0.3, -0.25) is 9.00 Å². The van der Waals surface area contributed by atoms with Gasteiger partial charge < -0.3 is 11.1 Å². The van der Waals surface area contributed by atoms with Crippen LogP contribution in [0.15, 0.2) is 0 Å². The van der Waals surface area contributed by atoms with Gasteiger partial charge in [-0.1, -0.05) is 6.42 Å². The quantitative estimate of drug-likeness (QED) is 0.730. The van der Waals surface area contributed by atoms with Crippen molar-refractivity contribution in [2.45, 2.75) is 50.6 Å². The number of nitrogens with two attached hydrogens (primary N) is 1. The molecule has 0 aromatic heterocycles. The zero-order chi connectivity index (χ0) is 12.3. The lowest BCUT2D eigenvalue weighted by atomic mass is 10.0. The zero-order valence-electron chi connectivity index (χ0n) is 10.2. The first-order valence-corrected chi connectivity index (χ1v) is 8.04. The van der Waals surface area contributed by atoms with Crippen molar-refractivity contribution in [1.82, 2.24) is 5.32 Å². The van der Waals surface area contributed by atoms with Crippen LogP contribution in [0.1, 0.15) is 38.5 Å². The Morgan fingerprint density at radius 2 is 2.06 bits per heavy atom. The van der Waals surface area contributed by atoms with Gasteiger partial charge in [0.1, 0.15) is 5.75 Å². The van der Waals surface area contributed by atoms with Crippen LogP contribution in [-0.4, -0.2) is 33.7 Å². The lowest BCUT2D eigenvalue weighted by molar-refractivity contribution is -0.118. The average Bonchev–Trinajstić information content (AvgIpc) is 2.97. The summed E-state index contributed by atoms with van der Waals surface area (Å²) >= 11 is 0. The topological polar surface area (TPSA) is 72.2 Å². The van der Waals surface area contributed by atoms with Crippen molar-refractivity contribution in [2.24, 2.45) is 11.7 Å². The van der Waals surface area contributed by atoms with E-state index in [-0.39, 0.29) is 17.7 Å². The lowest BCUT2D eigenvalue weighted by Gasteiger charge is -2.14. The minimum atomic E-state index is -1.02. The van der Waals surface area contributed by atoms with Crippen LogP contribution in [0, 0.1) is 5.92 Å². The van der Waals surface area contributed by atoms with Crippen molar-refractivity contribution in [3.8, 4) is 0 Å². The molecule has 2 fully saturated rings. The minimum absolute atomic E-state index is 0.0541. The second kappa shape index (κ2) is 5.96. The van der Waals surface area contributed by atoms with Crippen molar-refractivity contribution in [3.63, 3.8) is 0 Å². The number of hydrogen-bond acceptors (Lipinski definition) is 3. The molecule has 4 nitrogen and oxygen atoms in total. The van der Waals surface area contributed by atoms with Crippen molar-refractivity contribution in [2.75, 3.05) is 11.5 Å². The average molecular weight is 258 g/mol. The molecular formula is C12H22N2O2S. The van der Waals surface area contributed by atoms with Crippen LogP contribution in [0.2, 0.25) is 0 Å². The van der Waals surface area contributed by atoms with Crippen molar-refractivity contribution >= 4 is 16.7 Å². The van der Waals surface area contributed by atoms with E-state index in [9.17, 15) is 9.00 Å².